The molecule has 2 aromatic rings. The molecule has 0 amide bonds. The summed E-state index contributed by atoms with van der Waals surface area (Å²) < 4.78 is 4.99. The highest BCUT2D eigenvalue weighted by molar-refractivity contribution is 5.85. The molecule has 1 aliphatic rings. The van der Waals surface area contributed by atoms with Crippen LogP contribution in [0, 0.1) is 6.92 Å². The average molecular weight is 267 g/mol. The van der Waals surface area contributed by atoms with Gasteiger partial charge in [-0.15, -0.1) is 12.4 Å². The molecule has 0 aliphatic carbocycles. The number of aromatic nitrogens is 2. The summed E-state index contributed by atoms with van der Waals surface area (Å²) in [4.78, 5) is 6.50. The minimum Gasteiger partial charge on any atom is -0.382 e. The number of fused-ring (bicyclic) bond motifs is 1. The second kappa shape index (κ2) is 5.27. The molecule has 0 unspecified atom stereocenters. The van der Waals surface area contributed by atoms with Crippen LogP contribution in [0.1, 0.15) is 11.7 Å². The minimum atomic E-state index is 0. The van der Waals surface area contributed by atoms with E-state index in [0.717, 1.165) is 18.9 Å². The molecule has 0 saturated carbocycles. The van der Waals surface area contributed by atoms with E-state index in [9.17, 15) is 0 Å². The normalized spacial score (nSPS) is 13.5. The number of hydrogen-bond acceptors (Lipinski definition) is 5. The topological polar surface area (TPSA) is 54.2 Å². The van der Waals surface area contributed by atoms with E-state index < -0.39 is 0 Å². The van der Waals surface area contributed by atoms with Crippen LogP contribution in [0.4, 0.5) is 11.4 Å². The SMILES string of the molecule is Cc1nc(CN2CCNc3ccccc32)no1.Cl. The van der Waals surface area contributed by atoms with Gasteiger partial charge in [-0.25, -0.2) is 0 Å². The first-order valence-corrected chi connectivity index (χ1v) is 5.70. The summed E-state index contributed by atoms with van der Waals surface area (Å²) in [6.45, 7) is 4.39. The van der Waals surface area contributed by atoms with Crippen LogP contribution in [-0.2, 0) is 6.54 Å². The molecule has 1 aromatic carbocycles. The third-order valence-electron chi connectivity index (χ3n) is 2.84. The Morgan fingerprint density at radius 3 is 3.00 bits per heavy atom. The Hall–Kier alpha value is -1.75. The molecule has 0 spiro atoms. The maximum absolute atomic E-state index is 4.99. The summed E-state index contributed by atoms with van der Waals surface area (Å²) >= 11 is 0. The summed E-state index contributed by atoms with van der Waals surface area (Å²) in [7, 11) is 0. The van der Waals surface area contributed by atoms with Crippen molar-refractivity contribution in [2.45, 2.75) is 13.5 Å². The average Bonchev–Trinajstić information content (AvgIpc) is 2.75. The van der Waals surface area contributed by atoms with E-state index in [1.54, 1.807) is 0 Å². The zero-order valence-corrected chi connectivity index (χ0v) is 10.9. The monoisotopic (exact) mass is 266 g/mol. The van der Waals surface area contributed by atoms with Crippen LogP contribution in [0.15, 0.2) is 28.8 Å². The number of rotatable bonds is 2. The van der Waals surface area contributed by atoms with Crippen molar-refractivity contribution in [3.63, 3.8) is 0 Å². The number of hydrogen-bond donors (Lipinski definition) is 1. The number of para-hydroxylation sites is 2. The molecular weight excluding hydrogens is 252 g/mol. The van der Waals surface area contributed by atoms with Crippen molar-refractivity contribution in [2.24, 2.45) is 0 Å². The van der Waals surface area contributed by atoms with Crippen molar-refractivity contribution in [3.05, 3.63) is 36.0 Å². The highest BCUT2D eigenvalue weighted by Crippen LogP contribution is 2.29. The van der Waals surface area contributed by atoms with Gasteiger partial charge in [0.2, 0.25) is 5.89 Å². The van der Waals surface area contributed by atoms with Crippen LogP contribution in [0.2, 0.25) is 0 Å². The van der Waals surface area contributed by atoms with Crippen LogP contribution in [-0.4, -0.2) is 23.2 Å². The van der Waals surface area contributed by atoms with E-state index in [2.05, 4.69) is 32.5 Å². The lowest BCUT2D eigenvalue weighted by molar-refractivity contribution is 0.387. The molecular formula is C12H15ClN4O. The number of nitrogens with zero attached hydrogens (tertiary/aromatic N) is 3. The molecule has 1 N–H and O–H groups in total. The van der Waals surface area contributed by atoms with Crippen molar-refractivity contribution < 1.29 is 4.52 Å². The molecule has 1 aliphatic heterocycles. The standard InChI is InChI=1S/C12H14N4O.ClH/c1-9-14-12(15-17-9)8-16-7-6-13-10-4-2-3-5-11(10)16;/h2-5,13H,6-8H2,1H3;1H. The third kappa shape index (κ3) is 2.41. The lowest BCUT2D eigenvalue weighted by Crippen LogP contribution is -2.33. The van der Waals surface area contributed by atoms with E-state index in [1.165, 1.54) is 11.4 Å². The summed E-state index contributed by atoms with van der Waals surface area (Å²) in [6.07, 6.45) is 0. The lowest BCUT2D eigenvalue weighted by atomic mass is 10.2. The van der Waals surface area contributed by atoms with E-state index in [4.69, 9.17) is 4.52 Å². The second-order valence-corrected chi connectivity index (χ2v) is 4.10. The molecule has 2 heterocycles. The predicted octanol–water partition coefficient (Wildman–Crippen LogP) is 2.23. The minimum absolute atomic E-state index is 0. The zero-order chi connectivity index (χ0) is 11.7. The maximum atomic E-state index is 4.99. The van der Waals surface area contributed by atoms with Gasteiger partial charge in [0.15, 0.2) is 5.82 Å². The number of aryl methyl sites for hydroxylation is 1. The van der Waals surface area contributed by atoms with Gasteiger partial charge >= 0.3 is 0 Å². The molecule has 96 valence electrons. The van der Waals surface area contributed by atoms with Crippen molar-refractivity contribution in [1.29, 1.82) is 0 Å². The van der Waals surface area contributed by atoms with Gasteiger partial charge in [0.05, 0.1) is 17.9 Å². The Morgan fingerprint density at radius 1 is 1.39 bits per heavy atom. The van der Waals surface area contributed by atoms with Gasteiger partial charge in [-0.05, 0) is 12.1 Å². The molecule has 0 saturated heterocycles. The Bertz CT molecular complexity index is 528. The first kappa shape index (κ1) is 12.7. The summed E-state index contributed by atoms with van der Waals surface area (Å²) in [6, 6.07) is 8.27. The van der Waals surface area contributed by atoms with Crippen molar-refractivity contribution in [3.8, 4) is 0 Å². The second-order valence-electron chi connectivity index (χ2n) is 4.10. The molecule has 0 radical (unpaired) electrons. The smallest absolute Gasteiger partial charge is 0.223 e. The first-order valence-electron chi connectivity index (χ1n) is 5.70. The predicted molar refractivity (Wildman–Crippen MR) is 72.3 cm³/mol. The number of halogens is 1. The zero-order valence-electron chi connectivity index (χ0n) is 10.1. The molecule has 18 heavy (non-hydrogen) atoms. The van der Waals surface area contributed by atoms with E-state index in [-0.39, 0.29) is 12.4 Å². The Kier molecular flexibility index (Phi) is 3.72. The van der Waals surface area contributed by atoms with E-state index >= 15 is 0 Å². The fourth-order valence-corrected chi connectivity index (χ4v) is 2.09. The van der Waals surface area contributed by atoms with Gasteiger partial charge in [0.1, 0.15) is 0 Å². The van der Waals surface area contributed by atoms with Gasteiger partial charge in [-0.1, -0.05) is 17.3 Å². The highest BCUT2D eigenvalue weighted by Gasteiger charge is 2.17. The summed E-state index contributed by atoms with van der Waals surface area (Å²) in [5.41, 5.74) is 2.36. The first-order chi connectivity index (χ1) is 8.33. The highest BCUT2D eigenvalue weighted by atomic mass is 35.5. The molecule has 5 nitrogen and oxygen atoms in total. The number of benzene rings is 1. The largest absolute Gasteiger partial charge is 0.382 e. The fraction of sp³-hybridized carbons (Fsp3) is 0.333. The Labute approximate surface area is 112 Å². The van der Waals surface area contributed by atoms with Crippen molar-refractivity contribution in [2.75, 3.05) is 23.3 Å². The van der Waals surface area contributed by atoms with E-state index in [1.807, 2.05) is 19.1 Å². The quantitative estimate of drug-likeness (QED) is 0.903. The van der Waals surface area contributed by atoms with Gasteiger partial charge in [0.25, 0.3) is 0 Å². The fourth-order valence-electron chi connectivity index (χ4n) is 2.09. The van der Waals surface area contributed by atoms with Gasteiger partial charge < -0.3 is 14.7 Å². The number of nitrogens with one attached hydrogen (secondary N) is 1. The van der Waals surface area contributed by atoms with Gasteiger partial charge in [-0.3, -0.25) is 0 Å². The Morgan fingerprint density at radius 2 is 2.22 bits per heavy atom. The number of anilines is 2. The molecule has 1 aromatic heterocycles. The van der Waals surface area contributed by atoms with Gasteiger partial charge in [-0.2, -0.15) is 4.98 Å². The third-order valence-corrected chi connectivity index (χ3v) is 2.84. The van der Waals surface area contributed by atoms with Gasteiger partial charge in [0, 0.05) is 20.0 Å². The van der Waals surface area contributed by atoms with Crippen LogP contribution in [0.3, 0.4) is 0 Å². The summed E-state index contributed by atoms with van der Waals surface area (Å²) in [5, 5.41) is 7.31. The maximum Gasteiger partial charge on any atom is 0.223 e. The molecule has 3 rings (SSSR count). The van der Waals surface area contributed by atoms with Crippen LogP contribution in [0.5, 0.6) is 0 Å². The van der Waals surface area contributed by atoms with Crippen molar-refractivity contribution >= 4 is 23.8 Å². The Balaban J connectivity index is 0.00000120. The van der Waals surface area contributed by atoms with Crippen LogP contribution in [0.25, 0.3) is 0 Å². The molecule has 0 fully saturated rings. The van der Waals surface area contributed by atoms with Crippen LogP contribution >= 0.6 is 12.4 Å². The molecule has 0 atom stereocenters. The van der Waals surface area contributed by atoms with E-state index in [0.29, 0.717) is 12.4 Å². The lowest BCUT2D eigenvalue weighted by Gasteiger charge is -2.30. The summed E-state index contributed by atoms with van der Waals surface area (Å²) in [5.74, 6) is 1.35. The molecule has 0 bridgehead atoms. The molecule has 6 heteroatoms. The van der Waals surface area contributed by atoms with Crippen LogP contribution < -0.4 is 10.2 Å². The van der Waals surface area contributed by atoms with Crippen molar-refractivity contribution in [1.82, 2.24) is 10.1 Å².